The fraction of sp³-hybridized carbons (Fsp3) is 0.478. The van der Waals surface area contributed by atoms with Gasteiger partial charge in [0.25, 0.3) is 5.56 Å². The van der Waals surface area contributed by atoms with Gasteiger partial charge >= 0.3 is 0 Å². The number of para-hydroxylation sites is 1. The maximum atomic E-state index is 12.1. The molecule has 30 heavy (non-hydrogen) atoms. The summed E-state index contributed by atoms with van der Waals surface area (Å²) in [4.78, 5) is 14.4. The van der Waals surface area contributed by atoms with Crippen LogP contribution < -0.4 is 5.56 Å². The molecule has 0 amide bonds. The highest BCUT2D eigenvalue weighted by atomic mass is 16.5. The van der Waals surface area contributed by atoms with E-state index in [2.05, 4.69) is 45.0 Å². The molecule has 4 rings (SSSR count). The molecule has 1 N–H and O–H groups in total. The van der Waals surface area contributed by atoms with E-state index in [0.717, 1.165) is 31.9 Å². The second kappa shape index (κ2) is 8.71. The number of piperidine rings is 1. The molecule has 1 aliphatic heterocycles. The van der Waals surface area contributed by atoms with Crippen LogP contribution in [-0.4, -0.2) is 56.8 Å². The third-order valence-corrected chi connectivity index (χ3v) is 6.03. The molecule has 0 spiro atoms. The Kier molecular flexibility index (Phi) is 6.04. The number of ether oxygens (including phenoxy) is 1. The van der Waals surface area contributed by atoms with E-state index in [-0.39, 0.29) is 12.1 Å². The fourth-order valence-corrected chi connectivity index (χ4v) is 4.29. The van der Waals surface area contributed by atoms with Gasteiger partial charge in [-0.15, -0.1) is 0 Å². The molecule has 7 nitrogen and oxygen atoms in total. The predicted molar refractivity (Wildman–Crippen MR) is 117 cm³/mol. The lowest BCUT2D eigenvalue weighted by Gasteiger charge is -2.38. The maximum absolute atomic E-state index is 12.1. The Balaban J connectivity index is 1.44. The normalized spacial score (nSPS) is 16.9. The molecule has 1 aliphatic rings. The van der Waals surface area contributed by atoms with Gasteiger partial charge in [-0.25, -0.2) is 4.68 Å². The van der Waals surface area contributed by atoms with Crippen molar-refractivity contribution in [3.05, 3.63) is 64.2 Å². The SMILES string of the molecule is COCCn1cc(CN2CCC(O)(Cn3nc(C)ccc3=O)CC2)c2ccccc21. The van der Waals surface area contributed by atoms with Crippen LogP contribution in [0, 0.1) is 6.92 Å². The molecule has 3 heterocycles. The predicted octanol–water partition coefficient (Wildman–Crippen LogP) is 2.18. The van der Waals surface area contributed by atoms with Crippen LogP contribution in [0.5, 0.6) is 0 Å². The van der Waals surface area contributed by atoms with E-state index < -0.39 is 5.60 Å². The molecular weight excluding hydrogens is 380 g/mol. The summed E-state index contributed by atoms with van der Waals surface area (Å²) in [5.74, 6) is 0. The third-order valence-electron chi connectivity index (χ3n) is 6.03. The molecule has 1 fully saturated rings. The Morgan fingerprint density at radius 2 is 1.93 bits per heavy atom. The molecule has 1 aromatic carbocycles. The van der Waals surface area contributed by atoms with Crippen molar-refractivity contribution in [3.8, 4) is 0 Å². The minimum Gasteiger partial charge on any atom is -0.388 e. The lowest BCUT2D eigenvalue weighted by atomic mass is 9.91. The number of methoxy groups -OCH3 is 1. The molecule has 7 heteroatoms. The molecule has 3 aromatic rings. The lowest BCUT2D eigenvalue weighted by molar-refractivity contribution is -0.0390. The van der Waals surface area contributed by atoms with E-state index in [9.17, 15) is 9.90 Å². The maximum Gasteiger partial charge on any atom is 0.266 e. The molecular formula is C23H30N4O3. The van der Waals surface area contributed by atoms with Crippen LogP contribution in [-0.2, 0) is 24.4 Å². The average Bonchev–Trinajstić information content (AvgIpc) is 3.08. The first-order chi connectivity index (χ1) is 14.5. The van der Waals surface area contributed by atoms with Gasteiger partial charge in [-0.2, -0.15) is 5.10 Å². The zero-order valence-electron chi connectivity index (χ0n) is 17.8. The summed E-state index contributed by atoms with van der Waals surface area (Å²) in [5.41, 5.74) is 2.24. The quantitative estimate of drug-likeness (QED) is 0.646. The van der Waals surface area contributed by atoms with Crippen molar-refractivity contribution in [3.63, 3.8) is 0 Å². The second-order valence-corrected chi connectivity index (χ2v) is 8.33. The standard InChI is InChI=1S/C23H30N4O3/c1-18-7-8-22(28)27(24-18)17-23(29)9-11-25(12-10-23)15-19-16-26(13-14-30-2)21-6-4-3-5-20(19)21/h3-8,16,29H,9-15,17H2,1-2H3. The van der Waals surface area contributed by atoms with Crippen LogP contribution in [0.15, 0.2) is 47.4 Å². The van der Waals surface area contributed by atoms with Gasteiger partial charge in [0.1, 0.15) is 0 Å². The van der Waals surface area contributed by atoms with Gasteiger partial charge in [0, 0.05) is 56.5 Å². The first-order valence-corrected chi connectivity index (χ1v) is 10.5. The van der Waals surface area contributed by atoms with Crippen molar-refractivity contribution < 1.29 is 9.84 Å². The van der Waals surface area contributed by atoms with Crippen LogP contribution >= 0.6 is 0 Å². The van der Waals surface area contributed by atoms with E-state index in [1.54, 1.807) is 13.2 Å². The van der Waals surface area contributed by atoms with Crippen LogP contribution in [0.1, 0.15) is 24.1 Å². The first-order valence-electron chi connectivity index (χ1n) is 10.5. The molecule has 2 aromatic heterocycles. The molecule has 160 valence electrons. The smallest absolute Gasteiger partial charge is 0.266 e. The minimum atomic E-state index is -0.895. The van der Waals surface area contributed by atoms with E-state index >= 15 is 0 Å². The Morgan fingerprint density at radius 1 is 1.17 bits per heavy atom. The third kappa shape index (κ3) is 4.48. The summed E-state index contributed by atoms with van der Waals surface area (Å²) in [6, 6.07) is 11.7. The number of rotatable bonds is 7. The van der Waals surface area contributed by atoms with Crippen LogP contribution in [0.25, 0.3) is 10.9 Å². The first kappa shape index (κ1) is 20.8. The van der Waals surface area contributed by atoms with Crippen molar-refractivity contribution >= 4 is 10.9 Å². The monoisotopic (exact) mass is 410 g/mol. The van der Waals surface area contributed by atoms with Gasteiger partial charge in [-0.1, -0.05) is 18.2 Å². The van der Waals surface area contributed by atoms with Crippen molar-refractivity contribution in [1.82, 2.24) is 19.2 Å². The van der Waals surface area contributed by atoms with Crippen LogP contribution in [0.2, 0.25) is 0 Å². The van der Waals surface area contributed by atoms with E-state index in [4.69, 9.17) is 4.74 Å². The minimum absolute atomic E-state index is 0.166. The Labute approximate surface area is 176 Å². The highest BCUT2D eigenvalue weighted by Gasteiger charge is 2.33. The summed E-state index contributed by atoms with van der Waals surface area (Å²) in [6.45, 7) is 6.03. The summed E-state index contributed by atoms with van der Waals surface area (Å²) >= 11 is 0. The van der Waals surface area contributed by atoms with Gasteiger partial charge < -0.3 is 14.4 Å². The number of hydrogen-bond donors (Lipinski definition) is 1. The van der Waals surface area contributed by atoms with Crippen LogP contribution in [0.3, 0.4) is 0 Å². The number of likely N-dealkylation sites (tertiary alicyclic amines) is 1. The van der Waals surface area contributed by atoms with E-state index in [0.29, 0.717) is 19.4 Å². The molecule has 0 aliphatic carbocycles. The second-order valence-electron chi connectivity index (χ2n) is 8.33. The van der Waals surface area contributed by atoms with Gasteiger partial charge in [0.05, 0.1) is 24.4 Å². The number of nitrogens with zero attached hydrogens (tertiary/aromatic N) is 4. The van der Waals surface area contributed by atoms with Crippen molar-refractivity contribution in [2.24, 2.45) is 0 Å². The molecule has 0 bridgehead atoms. The van der Waals surface area contributed by atoms with Crippen molar-refractivity contribution in [2.75, 3.05) is 26.8 Å². The van der Waals surface area contributed by atoms with Gasteiger partial charge in [-0.05, 0) is 37.5 Å². The summed E-state index contributed by atoms with van der Waals surface area (Å²) in [5, 5.41) is 16.6. The van der Waals surface area contributed by atoms with Gasteiger partial charge in [0.2, 0.25) is 0 Å². The number of aromatic nitrogens is 3. The molecule has 0 saturated carbocycles. The Bertz CT molecular complexity index is 1060. The average molecular weight is 411 g/mol. The lowest BCUT2D eigenvalue weighted by Crippen LogP contribution is -2.48. The number of fused-ring (bicyclic) bond motifs is 1. The summed E-state index contributed by atoms with van der Waals surface area (Å²) < 4.78 is 8.90. The van der Waals surface area contributed by atoms with Crippen molar-refractivity contribution in [1.29, 1.82) is 0 Å². The Hall–Kier alpha value is -2.48. The highest BCUT2D eigenvalue weighted by molar-refractivity contribution is 5.83. The number of hydrogen-bond acceptors (Lipinski definition) is 5. The number of aryl methyl sites for hydroxylation is 1. The fourth-order valence-electron chi connectivity index (χ4n) is 4.29. The number of aliphatic hydroxyl groups is 1. The zero-order valence-corrected chi connectivity index (χ0v) is 17.8. The van der Waals surface area contributed by atoms with Gasteiger partial charge in [-0.3, -0.25) is 9.69 Å². The summed E-state index contributed by atoms with van der Waals surface area (Å²) in [7, 11) is 1.72. The molecule has 1 saturated heterocycles. The molecule has 0 unspecified atom stereocenters. The summed E-state index contributed by atoms with van der Waals surface area (Å²) in [6.07, 6.45) is 3.47. The van der Waals surface area contributed by atoms with E-state index in [1.165, 1.54) is 27.2 Å². The number of benzene rings is 1. The molecule has 0 atom stereocenters. The molecule has 0 radical (unpaired) electrons. The largest absolute Gasteiger partial charge is 0.388 e. The topological polar surface area (TPSA) is 72.5 Å². The van der Waals surface area contributed by atoms with Crippen molar-refractivity contribution in [2.45, 2.75) is 45.0 Å². The zero-order chi connectivity index (χ0) is 21.1. The Morgan fingerprint density at radius 3 is 2.70 bits per heavy atom. The van der Waals surface area contributed by atoms with E-state index in [1.807, 2.05) is 6.92 Å². The van der Waals surface area contributed by atoms with Gasteiger partial charge in [0.15, 0.2) is 0 Å². The van der Waals surface area contributed by atoms with Crippen LogP contribution in [0.4, 0.5) is 0 Å². The highest BCUT2D eigenvalue weighted by Crippen LogP contribution is 2.27.